The molecule has 1 fully saturated rings. The predicted octanol–water partition coefficient (Wildman–Crippen LogP) is 3.60. The SMILES string of the molecule is CCCNC(Cc1ccc(C)cc1Cl)C1CCOC1. The van der Waals surface area contributed by atoms with E-state index in [1.54, 1.807) is 0 Å². The Kier molecular flexibility index (Phi) is 5.68. The zero-order valence-corrected chi connectivity index (χ0v) is 12.7. The molecule has 0 amide bonds. The van der Waals surface area contributed by atoms with Crippen molar-refractivity contribution in [2.75, 3.05) is 19.8 Å². The highest BCUT2D eigenvalue weighted by molar-refractivity contribution is 6.31. The molecule has 2 unspecified atom stereocenters. The molecule has 2 nitrogen and oxygen atoms in total. The number of aryl methyl sites for hydroxylation is 1. The lowest BCUT2D eigenvalue weighted by Gasteiger charge is -2.24. The van der Waals surface area contributed by atoms with Crippen molar-refractivity contribution in [3.8, 4) is 0 Å². The Morgan fingerprint density at radius 3 is 2.95 bits per heavy atom. The molecule has 0 saturated carbocycles. The van der Waals surface area contributed by atoms with Gasteiger partial charge in [0.05, 0.1) is 6.61 Å². The molecule has 1 aliphatic heterocycles. The molecule has 0 spiro atoms. The number of rotatable bonds is 6. The topological polar surface area (TPSA) is 21.3 Å². The van der Waals surface area contributed by atoms with Crippen molar-refractivity contribution in [1.82, 2.24) is 5.32 Å². The average molecular weight is 282 g/mol. The van der Waals surface area contributed by atoms with Crippen LogP contribution in [0.2, 0.25) is 5.02 Å². The first-order valence-electron chi connectivity index (χ1n) is 7.27. The van der Waals surface area contributed by atoms with Gasteiger partial charge in [-0.05, 0) is 49.9 Å². The largest absolute Gasteiger partial charge is 0.381 e. The second-order valence-electron chi connectivity index (χ2n) is 5.48. The van der Waals surface area contributed by atoms with E-state index in [0.717, 1.165) is 44.0 Å². The lowest BCUT2D eigenvalue weighted by Crippen LogP contribution is -2.39. The summed E-state index contributed by atoms with van der Waals surface area (Å²) in [5.74, 6) is 0.615. The van der Waals surface area contributed by atoms with Gasteiger partial charge < -0.3 is 10.1 Å². The quantitative estimate of drug-likeness (QED) is 0.860. The fraction of sp³-hybridized carbons (Fsp3) is 0.625. The molecule has 0 bridgehead atoms. The van der Waals surface area contributed by atoms with Crippen LogP contribution in [0.25, 0.3) is 0 Å². The van der Waals surface area contributed by atoms with Crippen molar-refractivity contribution < 1.29 is 4.74 Å². The van der Waals surface area contributed by atoms with Crippen LogP contribution in [0.4, 0.5) is 0 Å². The minimum Gasteiger partial charge on any atom is -0.381 e. The summed E-state index contributed by atoms with van der Waals surface area (Å²) in [7, 11) is 0. The van der Waals surface area contributed by atoms with E-state index in [1.807, 2.05) is 0 Å². The molecule has 1 aromatic carbocycles. The van der Waals surface area contributed by atoms with Gasteiger partial charge >= 0.3 is 0 Å². The van der Waals surface area contributed by atoms with Crippen LogP contribution in [0, 0.1) is 12.8 Å². The Balaban J connectivity index is 2.05. The molecule has 0 radical (unpaired) electrons. The van der Waals surface area contributed by atoms with E-state index in [9.17, 15) is 0 Å². The van der Waals surface area contributed by atoms with Gasteiger partial charge in [0.1, 0.15) is 0 Å². The van der Waals surface area contributed by atoms with Crippen molar-refractivity contribution in [3.63, 3.8) is 0 Å². The molecule has 1 saturated heterocycles. The van der Waals surface area contributed by atoms with Crippen molar-refractivity contribution in [1.29, 1.82) is 0 Å². The minimum absolute atomic E-state index is 0.475. The van der Waals surface area contributed by atoms with E-state index in [4.69, 9.17) is 16.3 Å². The van der Waals surface area contributed by atoms with Crippen LogP contribution < -0.4 is 5.32 Å². The first-order valence-corrected chi connectivity index (χ1v) is 7.64. The zero-order chi connectivity index (χ0) is 13.7. The summed E-state index contributed by atoms with van der Waals surface area (Å²) in [5, 5.41) is 4.55. The summed E-state index contributed by atoms with van der Waals surface area (Å²) in [6.45, 7) is 7.12. The molecule has 2 atom stereocenters. The highest BCUT2D eigenvalue weighted by atomic mass is 35.5. The molecule has 1 aliphatic rings. The Labute approximate surface area is 121 Å². The highest BCUT2D eigenvalue weighted by Gasteiger charge is 2.25. The molecule has 19 heavy (non-hydrogen) atoms. The Morgan fingerprint density at radius 1 is 1.47 bits per heavy atom. The summed E-state index contributed by atoms with van der Waals surface area (Å²) in [6, 6.07) is 6.83. The molecule has 0 aromatic heterocycles. The van der Waals surface area contributed by atoms with Gasteiger partial charge in [0, 0.05) is 23.6 Å². The molecule has 2 rings (SSSR count). The van der Waals surface area contributed by atoms with Gasteiger partial charge in [0.25, 0.3) is 0 Å². The summed E-state index contributed by atoms with van der Waals surface area (Å²) in [6.07, 6.45) is 3.31. The molecule has 1 aromatic rings. The third-order valence-corrected chi connectivity index (χ3v) is 4.19. The van der Waals surface area contributed by atoms with E-state index < -0.39 is 0 Å². The van der Waals surface area contributed by atoms with Gasteiger partial charge in [-0.3, -0.25) is 0 Å². The van der Waals surface area contributed by atoms with Crippen LogP contribution in [0.3, 0.4) is 0 Å². The number of nitrogens with one attached hydrogen (secondary N) is 1. The Morgan fingerprint density at radius 2 is 2.32 bits per heavy atom. The fourth-order valence-electron chi connectivity index (χ4n) is 2.66. The summed E-state index contributed by atoms with van der Waals surface area (Å²) < 4.78 is 5.53. The highest BCUT2D eigenvalue weighted by Crippen LogP contribution is 2.24. The van der Waals surface area contributed by atoms with Crippen LogP contribution in [-0.2, 0) is 11.2 Å². The second kappa shape index (κ2) is 7.28. The van der Waals surface area contributed by atoms with Crippen LogP contribution in [-0.4, -0.2) is 25.8 Å². The number of hydrogen-bond donors (Lipinski definition) is 1. The van der Waals surface area contributed by atoms with Gasteiger partial charge in [0.15, 0.2) is 0 Å². The summed E-state index contributed by atoms with van der Waals surface area (Å²) in [5.41, 5.74) is 2.46. The number of ether oxygens (including phenoxy) is 1. The second-order valence-corrected chi connectivity index (χ2v) is 5.89. The fourth-order valence-corrected chi connectivity index (χ4v) is 2.97. The normalized spacial score (nSPS) is 20.7. The molecular weight excluding hydrogens is 258 g/mol. The Hall–Kier alpha value is -0.570. The maximum atomic E-state index is 6.36. The monoisotopic (exact) mass is 281 g/mol. The molecule has 1 N–H and O–H groups in total. The van der Waals surface area contributed by atoms with Crippen molar-refractivity contribution in [2.24, 2.45) is 5.92 Å². The van der Waals surface area contributed by atoms with Crippen LogP contribution in [0.5, 0.6) is 0 Å². The van der Waals surface area contributed by atoms with Crippen LogP contribution >= 0.6 is 11.6 Å². The van der Waals surface area contributed by atoms with Gasteiger partial charge in [-0.2, -0.15) is 0 Å². The summed E-state index contributed by atoms with van der Waals surface area (Å²) in [4.78, 5) is 0. The number of hydrogen-bond acceptors (Lipinski definition) is 2. The van der Waals surface area contributed by atoms with Crippen LogP contribution in [0.1, 0.15) is 30.9 Å². The molecular formula is C16H24ClNO. The van der Waals surface area contributed by atoms with Crippen LogP contribution in [0.15, 0.2) is 18.2 Å². The van der Waals surface area contributed by atoms with E-state index in [1.165, 1.54) is 11.1 Å². The smallest absolute Gasteiger partial charge is 0.0510 e. The average Bonchev–Trinajstić information content (AvgIpc) is 2.90. The third kappa shape index (κ3) is 4.20. The van der Waals surface area contributed by atoms with E-state index in [2.05, 4.69) is 37.4 Å². The van der Waals surface area contributed by atoms with E-state index >= 15 is 0 Å². The number of halogens is 1. The zero-order valence-electron chi connectivity index (χ0n) is 11.9. The third-order valence-electron chi connectivity index (χ3n) is 3.84. The van der Waals surface area contributed by atoms with Gasteiger partial charge in [-0.15, -0.1) is 0 Å². The Bertz CT molecular complexity index is 402. The lowest BCUT2D eigenvalue weighted by molar-refractivity contribution is 0.176. The lowest BCUT2D eigenvalue weighted by atomic mass is 9.92. The first-order chi connectivity index (χ1) is 9.20. The molecule has 106 valence electrons. The minimum atomic E-state index is 0.475. The maximum absolute atomic E-state index is 6.36. The van der Waals surface area contributed by atoms with Crippen molar-refractivity contribution >= 4 is 11.6 Å². The van der Waals surface area contributed by atoms with Gasteiger partial charge in [-0.25, -0.2) is 0 Å². The molecule has 0 aliphatic carbocycles. The van der Waals surface area contributed by atoms with Crippen molar-refractivity contribution in [3.05, 3.63) is 34.3 Å². The molecule has 1 heterocycles. The van der Waals surface area contributed by atoms with Gasteiger partial charge in [0.2, 0.25) is 0 Å². The van der Waals surface area contributed by atoms with Gasteiger partial charge in [-0.1, -0.05) is 30.7 Å². The first kappa shape index (κ1) is 14.8. The summed E-state index contributed by atoms with van der Waals surface area (Å²) >= 11 is 6.36. The predicted molar refractivity (Wildman–Crippen MR) is 80.9 cm³/mol. The standard InChI is InChI=1S/C16H24ClNO/c1-3-7-18-16(14-6-8-19-11-14)10-13-5-4-12(2)9-15(13)17/h4-5,9,14,16,18H,3,6-8,10-11H2,1-2H3. The molecule has 3 heteroatoms. The van der Waals surface area contributed by atoms with E-state index in [0.29, 0.717) is 12.0 Å². The van der Waals surface area contributed by atoms with Crippen molar-refractivity contribution in [2.45, 2.75) is 39.2 Å². The van der Waals surface area contributed by atoms with E-state index in [-0.39, 0.29) is 0 Å². The maximum Gasteiger partial charge on any atom is 0.0510 e. The number of benzene rings is 1.